The molecule has 5 aromatic carbocycles. The summed E-state index contributed by atoms with van der Waals surface area (Å²) in [4.78, 5) is 12.9. The van der Waals surface area contributed by atoms with Crippen LogP contribution in [0.5, 0.6) is 23.0 Å². The zero-order chi connectivity index (χ0) is 30.9. The summed E-state index contributed by atoms with van der Waals surface area (Å²) in [5, 5.41) is 2.18. The van der Waals surface area contributed by atoms with Crippen molar-refractivity contribution in [3.05, 3.63) is 144 Å². The number of carbonyl (C=O) groups excluding carboxylic acids is 1. The molecule has 1 aliphatic rings. The number of esters is 1. The lowest BCUT2D eigenvalue weighted by Crippen LogP contribution is -2.68. The molecule has 0 saturated heterocycles. The number of rotatable bonds is 7. The normalized spacial score (nSPS) is 14.1. The summed E-state index contributed by atoms with van der Waals surface area (Å²) < 4.78 is 24.6. The van der Waals surface area contributed by atoms with E-state index in [1.54, 1.807) is 13.2 Å². The van der Waals surface area contributed by atoms with Crippen molar-refractivity contribution >= 4 is 24.7 Å². The van der Waals surface area contributed by atoms with Gasteiger partial charge in [-0.1, -0.05) is 112 Å². The van der Waals surface area contributed by atoms with E-state index >= 15 is 0 Å². The Balaban J connectivity index is 1.53. The molecule has 0 spiro atoms. The van der Waals surface area contributed by atoms with Gasteiger partial charge >= 0.3 is 14.3 Å². The van der Waals surface area contributed by atoms with Crippen molar-refractivity contribution in [3.8, 4) is 23.0 Å². The van der Waals surface area contributed by atoms with Crippen molar-refractivity contribution in [2.24, 2.45) is 0 Å². The maximum Gasteiger partial charge on any atom is 0.338 e. The van der Waals surface area contributed by atoms with Crippen LogP contribution in [0, 0.1) is 0 Å². The number of methoxy groups -OCH3 is 2. The van der Waals surface area contributed by atoms with E-state index in [1.165, 1.54) is 17.5 Å². The second kappa shape index (κ2) is 11.7. The zero-order valence-corrected chi connectivity index (χ0v) is 26.7. The maximum absolute atomic E-state index is 12.9. The van der Waals surface area contributed by atoms with Gasteiger partial charge in [0.1, 0.15) is 23.0 Å². The summed E-state index contributed by atoms with van der Waals surface area (Å²) in [5.41, 5.74) is 3.24. The zero-order valence-electron chi connectivity index (χ0n) is 25.7. The fraction of sp³-hybridized carbons (Fsp3) is 0.184. The van der Waals surface area contributed by atoms with E-state index in [9.17, 15) is 4.79 Å². The van der Waals surface area contributed by atoms with Gasteiger partial charge in [-0.15, -0.1) is 0 Å². The Morgan fingerprint density at radius 2 is 1.18 bits per heavy atom. The van der Waals surface area contributed by atoms with E-state index in [2.05, 4.69) is 75.4 Å². The highest BCUT2D eigenvalue weighted by atomic mass is 28.4. The number of hydrogen-bond donors (Lipinski definition) is 0. The van der Waals surface area contributed by atoms with Crippen LogP contribution in [0.1, 0.15) is 53.7 Å². The van der Waals surface area contributed by atoms with Gasteiger partial charge in [0.2, 0.25) is 0 Å². The highest BCUT2D eigenvalue weighted by Crippen LogP contribution is 2.50. The van der Waals surface area contributed by atoms with Crippen LogP contribution in [-0.4, -0.2) is 28.5 Å². The van der Waals surface area contributed by atoms with E-state index < -0.39 is 8.32 Å². The average Bonchev–Trinajstić information content (AvgIpc) is 3.05. The first-order chi connectivity index (χ1) is 21.3. The molecule has 6 heteroatoms. The predicted octanol–water partition coefficient (Wildman–Crippen LogP) is 7.71. The summed E-state index contributed by atoms with van der Waals surface area (Å²) >= 11 is 0. The minimum Gasteiger partial charge on any atom is -0.534 e. The van der Waals surface area contributed by atoms with E-state index in [4.69, 9.17) is 18.6 Å². The third kappa shape index (κ3) is 5.05. The van der Waals surface area contributed by atoms with Crippen molar-refractivity contribution in [3.63, 3.8) is 0 Å². The molecule has 5 nitrogen and oxygen atoms in total. The molecule has 0 amide bonds. The second-order valence-electron chi connectivity index (χ2n) is 12.0. The molecule has 222 valence electrons. The van der Waals surface area contributed by atoms with Crippen LogP contribution in [0.4, 0.5) is 0 Å². The lowest BCUT2D eigenvalue weighted by Gasteiger charge is -2.43. The smallest absolute Gasteiger partial charge is 0.338 e. The molecule has 0 radical (unpaired) electrons. The minimum atomic E-state index is -2.87. The van der Waals surface area contributed by atoms with Crippen molar-refractivity contribution in [1.29, 1.82) is 0 Å². The number of benzene rings is 5. The molecule has 0 aliphatic carbocycles. The van der Waals surface area contributed by atoms with E-state index in [0.717, 1.165) is 22.4 Å². The lowest BCUT2D eigenvalue weighted by molar-refractivity contribution is 0.0599. The SMILES string of the molecule is COC(=O)c1ccccc1C1c2ccc(OC)cc2Oc2cc(O[Si](c3ccccc3)(c3ccccc3)C(C)(C)C)ccc21. The standard InChI is InChI=1S/C38H36O5Si/c1-38(2,3)44(28-14-8-6-9-15-28,29-16-10-7-11-17-29)43-27-21-23-33-35(25-27)42-34-24-26(40-4)20-22-32(34)36(33)30-18-12-13-19-31(30)37(39)41-5/h6-25,36H,1-5H3. The third-order valence-electron chi connectivity index (χ3n) is 8.41. The Morgan fingerprint density at radius 1 is 0.659 bits per heavy atom. The highest BCUT2D eigenvalue weighted by molar-refractivity contribution is 7.00. The number of hydrogen-bond acceptors (Lipinski definition) is 5. The summed E-state index contributed by atoms with van der Waals surface area (Å²) in [7, 11) is 0.176. The topological polar surface area (TPSA) is 54.0 Å². The molecule has 1 aliphatic heterocycles. The van der Waals surface area contributed by atoms with Crippen LogP contribution >= 0.6 is 0 Å². The molecule has 0 saturated carbocycles. The molecule has 0 N–H and O–H groups in total. The van der Waals surface area contributed by atoms with Gasteiger partial charge in [0.25, 0.3) is 0 Å². The van der Waals surface area contributed by atoms with Crippen LogP contribution in [0.25, 0.3) is 0 Å². The van der Waals surface area contributed by atoms with Crippen molar-refractivity contribution in [2.75, 3.05) is 14.2 Å². The molecule has 0 fully saturated rings. The quantitative estimate of drug-likeness (QED) is 0.139. The van der Waals surface area contributed by atoms with Gasteiger partial charge in [0.15, 0.2) is 0 Å². The summed E-state index contributed by atoms with van der Waals surface area (Å²) in [6, 6.07) is 40.6. The van der Waals surface area contributed by atoms with Gasteiger partial charge in [-0.05, 0) is 39.2 Å². The first-order valence-electron chi connectivity index (χ1n) is 14.7. The summed E-state index contributed by atoms with van der Waals surface area (Å²) in [6.45, 7) is 6.78. The molecule has 1 atom stereocenters. The van der Waals surface area contributed by atoms with Gasteiger partial charge in [-0.2, -0.15) is 0 Å². The molecule has 1 unspecified atom stereocenters. The van der Waals surface area contributed by atoms with Gasteiger partial charge in [-0.25, -0.2) is 4.79 Å². The molecule has 6 rings (SSSR count). The minimum absolute atomic E-state index is 0.200. The monoisotopic (exact) mass is 600 g/mol. The largest absolute Gasteiger partial charge is 0.534 e. The Morgan fingerprint density at radius 3 is 1.73 bits per heavy atom. The van der Waals surface area contributed by atoms with E-state index in [0.29, 0.717) is 22.8 Å². The lowest BCUT2D eigenvalue weighted by atomic mass is 9.80. The Kier molecular flexibility index (Phi) is 7.78. The Bertz CT molecular complexity index is 1750. The molecular formula is C38H36O5Si. The molecule has 0 aromatic heterocycles. The van der Waals surface area contributed by atoms with Crippen molar-refractivity contribution < 1.29 is 23.4 Å². The van der Waals surface area contributed by atoms with Gasteiger partial charge < -0.3 is 18.6 Å². The number of fused-ring (bicyclic) bond motifs is 2. The highest BCUT2D eigenvalue weighted by Gasteiger charge is 2.52. The Labute approximate surface area is 260 Å². The Hall–Kier alpha value is -4.81. The van der Waals surface area contributed by atoms with Gasteiger partial charge in [0, 0.05) is 29.2 Å². The van der Waals surface area contributed by atoms with Gasteiger partial charge in [0.05, 0.1) is 19.8 Å². The van der Waals surface area contributed by atoms with Crippen molar-refractivity contribution in [1.82, 2.24) is 0 Å². The molecule has 1 heterocycles. The second-order valence-corrected chi connectivity index (χ2v) is 16.2. The average molecular weight is 601 g/mol. The molecule has 5 aromatic rings. The maximum atomic E-state index is 12.9. The predicted molar refractivity (Wildman–Crippen MR) is 176 cm³/mol. The van der Waals surface area contributed by atoms with Crippen LogP contribution in [0.2, 0.25) is 5.04 Å². The molecule has 44 heavy (non-hydrogen) atoms. The van der Waals surface area contributed by atoms with Crippen LogP contribution in [-0.2, 0) is 4.74 Å². The van der Waals surface area contributed by atoms with Crippen LogP contribution in [0.3, 0.4) is 0 Å². The molecular weight excluding hydrogens is 564 g/mol. The van der Waals surface area contributed by atoms with Gasteiger partial charge in [-0.3, -0.25) is 0 Å². The fourth-order valence-electron chi connectivity index (χ4n) is 6.37. The fourth-order valence-corrected chi connectivity index (χ4v) is 10.8. The van der Waals surface area contributed by atoms with E-state index in [-0.39, 0.29) is 16.9 Å². The summed E-state index contributed by atoms with van der Waals surface area (Å²) in [5.74, 6) is 2.11. The number of carbonyl (C=O) groups is 1. The first-order valence-corrected chi connectivity index (χ1v) is 16.6. The summed E-state index contributed by atoms with van der Waals surface area (Å²) in [6.07, 6.45) is 0. The van der Waals surface area contributed by atoms with Crippen molar-refractivity contribution in [2.45, 2.75) is 31.7 Å². The number of ether oxygens (including phenoxy) is 3. The van der Waals surface area contributed by atoms with Crippen LogP contribution in [0.15, 0.2) is 121 Å². The third-order valence-corrected chi connectivity index (χ3v) is 13.4. The first kappa shape index (κ1) is 29.3. The van der Waals surface area contributed by atoms with E-state index in [1.807, 2.05) is 60.7 Å². The van der Waals surface area contributed by atoms with Crippen LogP contribution < -0.4 is 24.3 Å². The molecule has 0 bridgehead atoms.